The molecule has 0 fully saturated rings. The van der Waals surface area contributed by atoms with Gasteiger partial charge in [-0.3, -0.25) is 4.98 Å². The standard InChI is InChI=1S/C12H9BrN4/c13-8-3-1-4-9(7-8)17-12(14)11-10(16-17)5-2-6-15-11/h1-7H,14H2. The van der Waals surface area contributed by atoms with Crippen LogP contribution in [0.3, 0.4) is 0 Å². The molecule has 4 nitrogen and oxygen atoms in total. The normalized spacial score (nSPS) is 10.9. The lowest BCUT2D eigenvalue weighted by atomic mass is 10.3. The van der Waals surface area contributed by atoms with Crippen molar-refractivity contribution in [2.45, 2.75) is 0 Å². The summed E-state index contributed by atoms with van der Waals surface area (Å²) in [7, 11) is 0. The summed E-state index contributed by atoms with van der Waals surface area (Å²) in [5, 5.41) is 4.43. The number of pyridine rings is 1. The number of benzene rings is 1. The molecule has 0 spiro atoms. The summed E-state index contributed by atoms with van der Waals surface area (Å²) in [6.07, 6.45) is 1.71. The van der Waals surface area contributed by atoms with Crippen molar-refractivity contribution in [3.63, 3.8) is 0 Å². The van der Waals surface area contributed by atoms with Crippen molar-refractivity contribution >= 4 is 32.8 Å². The maximum Gasteiger partial charge on any atom is 0.153 e. The van der Waals surface area contributed by atoms with Gasteiger partial charge in [0.05, 0.1) is 5.69 Å². The van der Waals surface area contributed by atoms with Crippen molar-refractivity contribution in [1.29, 1.82) is 0 Å². The monoisotopic (exact) mass is 288 g/mol. The van der Waals surface area contributed by atoms with Crippen LogP contribution in [0.25, 0.3) is 16.7 Å². The Kier molecular flexibility index (Phi) is 2.33. The van der Waals surface area contributed by atoms with Gasteiger partial charge in [0.15, 0.2) is 5.82 Å². The molecule has 84 valence electrons. The van der Waals surface area contributed by atoms with Crippen molar-refractivity contribution in [2.24, 2.45) is 0 Å². The number of anilines is 1. The molecular weight excluding hydrogens is 280 g/mol. The average molecular weight is 289 g/mol. The van der Waals surface area contributed by atoms with Gasteiger partial charge < -0.3 is 5.73 Å². The SMILES string of the molecule is Nc1c2ncccc2nn1-c1cccc(Br)c1. The topological polar surface area (TPSA) is 56.7 Å². The van der Waals surface area contributed by atoms with Crippen molar-refractivity contribution in [3.05, 3.63) is 47.1 Å². The van der Waals surface area contributed by atoms with Crippen LogP contribution in [0.5, 0.6) is 0 Å². The number of nitrogens with zero attached hydrogens (tertiary/aromatic N) is 3. The maximum atomic E-state index is 6.04. The lowest BCUT2D eigenvalue weighted by Crippen LogP contribution is -2.01. The Balaban J connectivity index is 2.27. The zero-order valence-corrected chi connectivity index (χ0v) is 10.4. The van der Waals surface area contributed by atoms with Gasteiger partial charge in [-0.15, -0.1) is 0 Å². The predicted molar refractivity (Wildman–Crippen MR) is 71.0 cm³/mol. The Bertz CT molecular complexity index is 690. The van der Waals surface area contributed by atoms with Gasteiger partial charge in [0, 0.05) is 10.7 Å². The zero-order chi connectivity index (χ0) is 11.8. The van der Waals surface area contributed by atoms with Crippen molar-refractivity contribution in [2.75, 3.05) is 5.73 Å². The van der Waals surface area contributed by atoms with Gasteiger partial charge >= 0.3 is 0 Å². The Morgan fingerprint density at radius 3 is 2.82 bits per heavy atom. The van der Waals surface area contributed by atoms with Crippen LogP contribution in [0.15, 0.2) is 47.1 Å². The highest BCUT2D eigenvalue weighted by atomic mass is 79.9. The average Bonchev–Trinajstić information content (AvgIpc) is 2.68. The first-order valence-corrected chi connectivity index (χ1v) is 5.90. The number of nitrogen functional groups attached to an aromatic ring is 1. The second kappa shape index (κ2) is 3.85. The number of rotatable bonds is 1. The first kappa shape index (κ1) is 10.3. The molecule has 1 aromatic carbocycles. The van der Waals surface area contributed by atoms with E-state index in [9.17, 15) is 0 Å². The summed E-state index contributed by atoms with van der Waals surface area (Å²) < 4.78 is 2.68. The van der Waals surface area contributed by atoms with E-state index >= 15 is 0 Å². The lowest BCUT2D eigenvalue weighted by Gasteiger charge is -2.03. The fraction of sp³-hybridized carbons (Fsp3) is 0. The minimum Gasteiger partial charge on any atom is -0.382 e. The lowest BCUT2D eigenvalue weighted by molar-refractivity contribution is 0.907. The highest BCUT2D eigenvalue weighted by molar-refractivity contribution is 9.10. The van der Waals surface area contributed by atoms with Crippen molar-refractivity contribution in [3.8, 4) is 5.69 Å². The van der Waals surface area contributed by atoms with E-state index < -0.39 is 0 Å². The minimum atomic E-state index is 0.554. The van der Waals surface area contributed by atoms with Gasteiger partial charge in [0.25, 0.3) is 0 Å². The van der Waals surface area contributed by atoms with Crippen LogP contribution in [0.4, 0.5) is 5.82 Å². The molecule has 0 amide bonds. The molecule has 2 N–H and O–H groups in total. The number of nitrogens with two attached hydrogens (primary N) is 1. The van der Waals surface area contributed by atoms with E-state index in [0.29, 0.717) is 5.82 Å². The van der Waals surface area contributed by atoms with Gasteiger partial charge in [-0.25, -0.2) is 4.68 Å². The third-order valence-corrected chi connectivity index (χ3v) is 3.01. The molecule has 0 saturated carbocycles. The van der Waals surface area contributed by atoms with Crippen LogP contribution in [-0.2, 0) is 0 Å². The largest absolute Gasteiger partial charge is 0.382 e. The van der Waals surface area contributed by atoms with Crippen molar-refractivity contribution < 1.29 is 0 Å². The summed E-state index contributed by atoms with van der Waals surface area (Å²) in [6.45, 7) is 0. The van der Waals surface area contributed by atoms with Crippen LogP contribution in [0.2, 0.25) is 0 Å². The molecule has 0 bridgehead atoms. The van der Waals surface area contributed by atoms with Gasteiger partial charge in [-0.2, -0.15) is 5.10 Å². The van der Waals surface area contributed by atoms with Crippen molar-refractivity contribution in [1.82, 2.24) is 14.8 Å². The first-order valence-electron chi connectivity index (χ1n) is 5.11. The first-order chi connectivity index (χ1) is 8.25. The molecule has 2 aromatic heterocycles. The number of fused-ring (bicyclic) bond motifs is 1. The Morgan fingerprint density at radius 2 is 2.06 bits per heavy atom. The molecule has 0 saturated heterocycles. The highest BCUT2D eigenvalue weighted by Gasteiger charge is 2.10. The fourth-order valence-electron chi connectivity index (χ4n) is 1.74. The molecule has 0 aliphatic rings. The van der Waals surface area contributed by atoms with E-state index in [1.807, 2.05) is 36.4 Å². The summed E-state index contributed by atoms with van der Waals surface area (Å²) in [6, 6.07) is 11.6. The molecule has 17 heavy (non-hydrogen) atoms. The zero-order valence-electron chi connectivity index (χ0n) is 8.84. The van der Waals surface area contributed by atoms with E-state index in [2.05, 4.69) is 26.0 Å². The Hall–Kier alpha value is -1.88. The van der Waals surface area contributed by atoms with Crippen LogP contribution < -0.4 is 5.73 Å². The van der Waals surface area contributed by atoms with Gasteiger partial charge in [-0.05, 0) is 30.3 Å². The predicted octanol–water partition coefficient (Wildman–Crippen LogP) is 2.77. The smallest absolute Gasteiger partial charge is 0.153 e. The molecule has 0 radical (unpaired) electrons. The van der Waals surface area contributed by atoms with Crippen LogP contribution >= 0.6 is 15.9 Å². The number of halogens is 1. The summed E-state index contributed by atoms with van der Waals surface area (Å²) in [5.41, 5.74) is 8.48. The van der Waals surface area contributed by atoms with E-state index in [1.54, 1.807) is 10.9 Å². The summed E-state index contributed by atoms with van der Waals surface area (Å²) in [4.78, 5) is 4.23. The molecule has 3 aromatic rings. The molecule has 0 unspecified atom stereocenters. The molecule has 5 heteroatoms. The molecule has 0 aliphatic carbocycles. The van der Waals surface area contributed by atoms with E-state index in [4.69, 9.17) is 5.73 Å². The Labute approximate surface area is 106 Å². The van der Waals surface area contributed by atoms with Gasteiger partial charge in [-0.1, -0.05) is 22.0 Å². The summed E-state index contributed by atoms with van der Waals surface area (Å²) >= 11 is 3.43. The molecule has 3 rings (SSSR count). The van der Waals surface area contributed by atoms with E-state index in [-0.39, 0.29) is 0 Å². The Morgan fingerprint density at radius 1 is 1.18 bits per heavy atom. The fourth-order valence-corrected chi connectivity index (χ4v) is 2.13. The number of hydrogen-bond donors (Lipinski definition) is 1. The second-order valence-electron chi connectivity index (χ2n) is 3.65. The van der Waals surface area contributed by atoms with Crippen LogP contribution in [-0.4, -0.2) is 14.8 Å². The van der Waals surface area contributed by atoms with E-state index in [1.165, 1.54) is 0 Å². The van der Waals surface area contributed by atoms with Crippen LogP contribution in [0, 0.1) is 0 Å². The molecule has 2 heterocycles. The molecular formula is C12H9BrN4. The van der Waals surface area contributed by atoms with Gasteiger partial charge in [0.2, 0.25) is 0 Å². The van der Waals surface area contributed by atoms with E-state index in [0.717, 1.165) is 21.2 Å². The third kappa shape index (κ3) is 1.68. The third-order valence-electron chi connectivity index (χ3n) is 2.52. The highest BCUT2D eigenvalue weighted by Crippen LogP contribution is 2.23. The number of aromatic nitrogens is 3. The van der Waals surface area contributed by atoms with Crippen LogP contribution in [0.1, 0.15) is 0 Å². The number of hydrogen-bond acceptors (Lipinski definition) is 3. The minimum absolute atomic E-state index is 0.554. The summed E-state index contributed by atoms with van der Waals surface area (Å²) in [5.74, 6) is 0.554. The second-order valence-corrected chi connectivity index (χ2v) is 4.56. The van der Waals surface area contributed by atoms with Gasteiger partial charge in [0.1, 0.15) is 11.0 Å². The maximum absolute atomic E-state index is 6.04. The molecule has 0 aliphatic heterocycles. The quantitative estimate of drug-likeness (QED) is 0.749. The molecule has 0 atom stereocenters.